The van der Waals surface area contributed by atoms with E-state index in [0.29, 0.717) is 22.0 Å². The normalized spacial score (nSPS) is 14.4. The Hall–Kier alpha value is -2.49. The van der Waals surface area contributed by atoms with E-state index in [1.165, 1.54) is 35.2 Å². The van der Waals surface area contributed by atoms with Crippen LogP contribution < -0.4 is 9.62 Å². The predicted molar refractivity (Wildman–Crippen MR) is 174 cm³/mol. The Balaban J connectivity index is 1.74. The highest BCUT2D eigenvalue weighted by Gasteiger charge is 2.34. The van der Waals surface area contributed by atoms with E-state index < -0.39 is 28.5 Å². The fourth-order valence-electron chi connectivity index (χ4n) is 5.13. The highest BCUT2D eigenvalue weighted by Crippen LogP contribution is 2.31. The van der Waals surface area contributed by atoms with Crippen molar-refractivity contribution < 1.29 is 18.0 Å². The molecule has 0 saturated heterocycles. The van der Waals surface area contributed by atoms with Gasteiger partial charge in [-0.15, -0.1) is 0 Å². The minimum absolute atomic E-state index is 0.000904. The molecule has 1 unspecified atom stereocenters. The number of hydrogen-bond donors (Lipinski definition) is 1. The van der Waals surface area contributed by atoms with Crippen molar-refractivity contribution in [3.8, 4) is 0 Å². The molecule has 1 fully saturated rings. The van der Waals surface area contributed by atoms with Crippen LogP contribution in [-0.4, -0.2) is 43.8 Å². The van der Waals surface area contributed by atoms with Crippen LogP contribution in [0.2, 0.25) is 20.1 Å². The van der Waals surface area contributed by atoms with E-state index in [9.17, 15) is 18.0 Å². The van der Waals surface area contributed by atoms with E-state index in [1.807, 2.05) is 13.8 Å². The molecule has 1 aliphatic carbocycles. The van der Waals surface area contributed by atoms with Crippen LogP contribution in [0.5, 0.6) is 0 Å². The maximum absolute atomic E-state index is 14.2. The van der Waals surface area contributed by atoms with Crippen molar-refractivity contribution in [3.05, 3.63) is 91.9 Å². The fourth-order valence-corrected chi connectivity index (χ4v) is 7.15. The molecule has 1 saturated carbocycles. The van der Waals surface area contributed by atoms with Crippen LogP contribution in [-0.2, 0) is 26.2 Å². The second kappa shape index (κ2) is 14.5. The molecule has 0 aromatic heterocycles. The Kier molecular flexibility index (Phi) is 11.3. The summed E-state index contributed by atoms with van der Waals surface area (Å²) >= 11 is 24.8. The summed E-state index contributed by atoms with van der Waals surface area (Å²) in [6.07, 6.45) is 4.13. The number of hydrogen-bond acceptors (Lipinski definition) is 4. The Bertz CT molecular complexity index is 1580. The zero-order valence-electron chi connectivity index (χ0n) is 23.8. The highest BCUT2D eigenvalue weighted by molar-refractivity contribution is 7.92. The minimum Gasteiger partial charge on any atom is -0.352 e. The van der Waals surface area contributed by atoms with Crippen LogP contribution in [0.1, 0.15) is 50.2 Å². The first kappa shape index (κ1) is 33.4. The number of nitrogens with zero attached hydrogens (tertiary/aromatic N) is 2. The third kappa shape index (κ3) is 8.17. The summed E-state index contributed by atoms with van der Waals surface area (Å²) in [4.78, 5) is 29.2. The molecule has 1 atom stereocenters. The smallest absolute Gasteiger partial charge is 0.264 e. The van der Waals surface area contributed by atoms with Gasteiger partial charge in [-0.25, -0.2) is 8.42 Å². The number of carbonyl (C=O) groups is 2. The van der Waals surface area contributed by atoms with E-state index in [-0.39, 0.29) is 39.1 Å². The quantitative estimate of drug-likeness (QED) is 0.225. The van der Waals surface area contributed by atoms with Crippen LogP contribution in [0.15, 0.2) is 65.6 Å². The molecular formula is C31H33Cl4N3O4S. The summed E-state index contributed by atoms with van der Waals surface area (Å²) in [5.74, 6) is -0.869. The Morgan fingerprint density at radius 1 is 0.884 bits per heavy atom. The van der Waals surface area contributed by atoms with Crippen molar-refractivity contribution in [2.45, 2.75) is 69.5 Å². The first-order chi connectivity index (χ1) is 20.4. The molecule has 43 heavy (non-hydrogen) atoms. The highest BCUT2D eigenvalue weighted by atomic mass is 35.5. The zero-order chi connectivity index (χ0) is 31.3. The standard InChI is InChI=1S/C31H33Cl4N3O4S/c1-3-29(31(40)36-22-6-4-5-7-22)37(18-21-10-14-25(32)27(34)16-21)30(39)19-38(23-11-15-26(33)28(35)17-23)43(41,42)24-12-8-20(2)9-13-24/h8-17,22,29H,3-7,18-19H2,1-2H3,(H,36,40). The lowest BCUT2D eigenvalue weighted by Gasteiger charge is -2.34. The SMILES string of the molecule is CCC(C(=O)NC1CCCC1)N(Cc1ccc(Cl)c(Cl)c1)C(=O)CN(c1ccc(Cl)c(Cl)c1)S(=O)(=O)c1ccc(C)cc1. The van der Waals surface area contributed by atoms with Crippen molar-refractivity contribution in [3.63, 3.8) is 0 Å². The zero-order valence-corrected chi connectivity index (χ0v) is 27.7. The van der Waals surface area contributed by atoms with Crippen LogP contribution in [0.25, 0.3) is 0 Å². The molecule has 0 heterocycles. The Morgan fingerprint density at radius 2 is 1.49 bits per heavy atom. The Morgan fingerprint density at radius 3 is 2.07 bits per heavy atom. The van der Waals surface area contributed by atoms with Gasteiger partial charge in [-0.1, -0.05) is 89.9 Å². The molecule has 0 aliphatic heterocycles. The molecule has 1 aliphatic rings. The maximum Gasteiger partial charge on any atom is 0.264 e. The first-order valence-corrected chi connectivity index (χ1v) is 16.9. The summed E-state index contributed by atoms with van der Waals surface area (Å²) in [5, 5.41) is 4.11. The van der Waals surface area contributed by atoms with Gasteiger partial charge in [0.05, 0.1) is 30.7 Å². The number of anilines is 1. The number of amides is 2. The number of halogens is 4. The molecular weight excluding hydrogens is 652 g/mol. The van der Waals surface area contributed by atoms with Gasteiger partial charge in [0.2, 0.25) is 11.8 Å². The van der Waals surface area contributed by atoms with Crippen LogP contribution in [0.3, 0.4) is 0 Å². The van der Waals surface area contributed by atoms with Crippen molar-refractivity contribution in [1.82, 2.24) is 10.2 Å². The molecule has 230 valence electrons. The van der Waals surface area contributed by atoms with E-state index >= 15 is 0 Å². The van der Waals surface area contributed by atoms with Crippen LogP contribution >= 0.6 is 46.4 Å². The third-order valence-electron chi connectivity index (χ3n) is 7.50. The summed E-state index contributed by atoms with van der Waals surface area (Å²) in [7, 11) is -4.24. The van der Waals surface area contributed by atoms with Crippen LogP contribution in [0.4, 0.5) is 5.69 Å². The van der Waals surface area contributed by atoms with Gasteiger partial charge in [-0.3, -0.25) is 13.9 Å². The van der Waals surface area contributed by atoms with Crippen LogP contribution in [0, 0.1) is 6.92 Å². The predicted octanol–water partition coefficient (Wildman–Crippen LogP) is 7.67. The average molecular weight is 686 g/mol. The van der Waals surface area contributed by atoms with E-state index in [0.717, 1.165) is 35.6 Å². The summed E-state index contributed by atoms with van der Waals surface area (Å²) in [6.45, 7) is 3.07. The average Bonchev–Trinajstić information content (AvgIpc) is 3.48. The summed E-state index contributed by atoms with van der Waals surface area (Å²) in [6, 6.07) is 14.8. The third-order valence-corrected chi connectivity index (χ3v) is 10.8. The lowest BCUT2D eigenvalue weighted by molar-refractivity contribution is -0.140. The van der Waals surface area contributed by atoms with Gasteiger partial charge in [0.1, 0.15) is 12.6 Å². The lowest BCUT2D eigenvalue weighted by atomic mass is 10.1. The lowest BCUT2D eigenvalue weighted by Crippen LogP contribution is -2.53. The molecule has 1 N–H and O–H groups in total. The fraction of sp³-hybridized carbons (Fsp3) is 0.355. The summed E-state index contributed by atoms with van der Waals surface area (Å²) < 4.78 is 29.0. The number of carbonyl (C=O) groups excluding carboxylic acids is 2. The van der Waals surface area contributed by atoms with E-state index in [4.69, 9.17) is 46.4 Å². The topological polar surface area (TPSA) is 86.8 Å². The number of aryl methyl sites for hydroxylation is 1. The van der Waals surface area contributed by atoms with Crippen molar-refractivity contribution >= 4 is 73.9 Å². The second-order valence-corrected chi connectivity index (χ2v) is 14.1. The minimum atomic E-state index is -4.24. The summed E-state index contributed by atoms with van der Waals surface area (Å²) in [5.41, 5.74) is 1.67. The number of rotatable bonds is 11. The first-order valence-electron chi connectivity index (χ1n) is 14.0. The van der Waals surface area contributed by atoms with E-state index in [2.05, 4.69) is 5.32 Å². The van der Waals surface area contributed by atoms with Gasteiger partial charge in [-0.2, -0.15) is 0 Å². The molecule has 7 nitrogen and oxygen atoms in total. The molecule has 2 amide bonds. The molecule has 3 aromatic rings. The van der Waals surface area contributed by atoms with Gasteiger partial charge < -0.3 is 10.2 Å². The molecule has 12 heteroatoms. The Labute approximate surface area is 273 Å². The van der Waals surface area contributed by atoms with Gasteiger partial charge in [0.15, 0.2) is 0 Å². The van der Waals surface area contributed by atoms with Crippen molar-refractivity contribution in [2.24, 2.45) is 0 Å². The van der Waals surface area contributed by atoms with Crippen molar-refractivity contribution in [1.29, 1.82) is 0 Å². The molecule has 0 spiro atoms. The molecule has 3 aromatic carbocycles. The van der Waals surface area contributed by atoms with Gasteiger partial charge in [0.25, 0.3) is 10.0 Å². The molecule has 0 bridgehead atoms. The second-order valence-electron chi connectivity index (χ2n) is 10.6. The maximum atomic E-state index is 14.2. The van der Waals surface area contributed by atoms with Gasteiger partial charge in [-0.05, 0) is 74.2 Å². The van der Waals surface area contributed by atoms with Crippen molar-refractivity contribution in [2.75, 3.05) is 10.8 Å². The van der Waals surface area contributed by atoms with Gasteiger partial charge in [0, 0.05) is 12.6 Å². The monoisotopic (exact) mass is 683 g/mol. The number of benzene rings is 3. The van der Waals surface area contributed by atoms with E-state index in [1.54, 1.807) is 30.3 Å². The number of sulfonamides is 1. The molecule has 0 radical (unpaired) electrons. The van der Waals surface area contributed by atoms with Gasteiger partial charge >= 0.3 is 0 Å². The molecule has 4 rings (SSSR count). The number of nitrogens with one attached hydrogen (secondary N) is 1. The largest absolute Gasteiger partial charge is 0.352 e.